The fourth-order valence-corrected chi connectivity index (χ4v) is 2.18. The largest absolute Gasteiger partial charge is 0.504 e. The Labute approximate surface area is 137 Å². The maximum absolute atomic E-state index is 12.0. The van der Waals surface area contributed by atoms with E-state index in [1.54, 1.807) is 12.1 Å². The summed E-state index contributed by atoms with van der Waals surface area (Å²) in [6, 6.07) is 5.15. The van der Waals surface area contributed by atoms with Crippen molar-refractivity contribution in [2.45, 2.75) is 26.3 Å². The second-order valence-corrected chi connectivity index (χ2v) is 5.67. The van der Waals surface area contributed by atoms with Crippen LogP contribution >= 0.6 is 22.6 Å². The lowest BCUT2D eigenvalue weighted by Crippen LogP contribution is -2.32. The normalized spacial score (nSPS) is 12.4. The van der Waals surface area contributed by atoms with Crippen LogP contribution in [0.15, 0.2) is 17.7 Å². The van der Waals surface area contributed by atoms with Gasteiger partial charge in [-0.3, -0.25) is 4.79 Å². The van der Waals surface area contributed by atoms with Crippen LogP contribution in [0.25, 0.3) is 6.08 Å². The molecule has 0 aliphatic rings. The van der Waals surface area contributed by atoms with Crippen LogP contribution in [-0.2, 0) is 4.79 Å². The van der Waals surface area contributed by atoms with E-state index in [9.17, 15) is 9.90 Å². The fraction of sp³-hybridized carbons (Fsp3) is 0.333. The second kappa shape index (κ2) is 7.88. The van der Waals surface area contributed by atoms with Gasteiger partial charge in [-0.2, -0.15) is 5.26 Å². The molecular formula is C15H17IN2O3. The first-order valence-corrected chi connectivity index (χ1v) is 7.49. The number of amides is 1. The first-order valence-electron chi connectivity index (χ1n) is 6.42. The maximum Gasteiger partial charge on any atom is 0.262 e. The van der Waals surface area contributed by atoms with Crippen LogP contribution < -0.4 is 10.1 Å². The standard InChI is InChI=1S/C15H17IN2O3/c1-4-9(2)18-15(20)11(8-17)5-10-6-12(16)14(19)13(7-10)21-3/h5-7,9,19H,4H2,1-3H3,(H,18,20)/b11-5+/t9-/m0/s1. The van der Waals surface area contributed by atoms with Crippen molar-refractivity contribution in [2.75, 3.05) is 7.11 Å². The summed E-state index contributed by atoms with van der Waals surface area (Å²) in [6.07, 6.45) is 2.26. The average molecular weight is 400 g/mol. The molecule has 2 N–H and O–H groups in total. The predicted octanol–water partition coefficient (Wildman–Crippen LogP) is 2.83. The molecule has 1 aromatic rings. The number of methoxy groups -OCH3 is 1. The molecule has 0 fully saturated rings. The lowest BCUT2D eigenvalue weighted by molar-refractivity contribution is -0.117. The Morgan fingerprint density at radius 1 is 1.62 bits per heavy atom. The molecule has 0 saturated carbocycles. The Morgan fingerprint density at radius 2 is 2.29 bits per heavy atom. The number of halogens is 1. The van der Waals surface area contributed by atoms with Crippen molar-refractivity contribution in [1.82, 2.24) is 5.32 Å². The Kier molecular flexibility index (Phi) is 6.49. The minimum absolute atomic E-state index is 0.00346. The molecule has 1 amide bonds. The van der Waals surface area contributed by atoms with Crippen LogP contribution in [0.4, 0.5) is 0 Å². The quantitative estimate of drug-likeness (QED) is 0.453. The third-order valence-corrected chi connectivity index (χ3v) is 3.76. The molecule has 1 atom stereocenters. The van der Waals surface area contributed by atoms with E-state index in [1.165, 1.54) is 13.2 Å². The van der Waals surface area contributed by atoms with E-state index in [-0.39, 0.29) is 17.4 Å². The zero-order chi connectivity index (χ0) is 16.0. The van der Waals surface area contributed by atoms with Gasteiger partial charge >= 0.3 is 0 Å². The van der Waals surface area contributed by atoms with Gasteiger partial charge in [0, 0.05) is 6.04 Å². The number of nitrogens with zero attached hydrogens (tertiary/aromatic N) is 1. The summed E-state index contributed by atoms with van der Waals surface area (Å²) in [5.41, 5.74) is 0.628. The molecule has 0 bridgehead atoms. The van der Waals surface area contributed by atoms with E-state index >= 15 is 0 Å². The number of phenols is 1. The molecular weight excluding hydrogens is 383 g/mol. The average Bonchev–Trinajstić information content (AvgIpc) is 2.47. The molecule has 5 nitrogen and oxygen atoms in total. The van der Waals surface area contributed by atoms with Crippen LogP contribution in [0.2, 0.25) is 0 Å². The zero-order valence-corrected chi connectivity index (χ0v) is 14.3. The van der Waals surface area contributed by atoms with E-state index < -0.39 is 5.91 Å². The number of aromatic hydroxyl groups is 1. The third kappa shape index (κ3) is 4.63. The Bertz CT molecular complexity index is 606. The highest BCUT2D eigenvalue weighted by Gasteiger charge is 2.13. The van der Waals surface area contributed by atoms with Crippen molar-refractivity contribution in [3.63, 3.8) is 0 Å². The molecule has 0 radical (unpaired) electrons. The second-order valence-electron chi connectivity index (χ2n) is 4.51. The van der Waals surface area contributed by atoms with Crippen LogP contribution in [0.1, 0.15) is 25.8 Å². The van der Waals surface area contributed by atoms with E-state index in [0.717, 1.165) is 6.42 Å². The summed E-state index contributed by atoms with van der Waals surface area (Å²) in [5.74, 6) is -0.0699. The van der Waals surface area contributed by atoms with Crippen molar-refractivity contribution in [3.05, 3.63) is 26.8 Å². The number of carbonyl (C=O) groups is 1. The summed E-state index contributed by atoms with van der Waals surface area (Å²) in [6.45, 7) is 3.83. The molecule has 21 heavy (non-hydrogen) atoms. The molecule has 0 heterocycles. The number of nitriles is 1. The van der Waals surface area contributed by atoms with Gasteiger partial charge in [0.25, 0.3) is 5.91 Å². The summed E-state index contributed by atoms with van der Waals surface area (Å²) in [7, 11) is 1.44. The molecule has 0 saturated heterocycles. The summed E-state index contributed by atoms with van der Waals surface area (Å²) < 4.78 is 5.64. The SMILES string of the molecule is CC[C@H](C)NC(=O)/C(C#N)=C/c1cc(I)c(O)c(OC)c1. The molecule has 1 aromatic carbocycles. The maximum atomic E-state index is 12.0. The highest BCUT2D eigenvalue weighted by Crippen LogP contribution is 2.33. The minimum Gasteiger partial charge on any atom is -0.504 e. The summed E-state index contributed by atoms with van der Waals surface area (Å²) in [5, 5.41) is 21.7. The zero-order valence-electron chi connectivity index (χ0n) is 12.1. The number of ether oxygens (including phenoxy) is 1. The van der Waals surface area contributed by atoms with Gasteiger partial charge < -0.3 is 15.2 Å². The molecule has 0 unspecified atom stereocenters. The van der Waals surface area contributed by atoms with Crippen LogP contribution in [0.3, 0.4) is 0 Å². The first kappa shape index (κ1) is 17.3. The van der Waals surface area contributed by atoms with Crippen molar-refractivity contribution < 1.29 is 14.6 Å². The van der Waals surface area contributed by atoms with Crippen molar-refractivity contribution in [2.24, 2.45) is 0 Å². The van der Waals surface area contributed by atoms with Gasteiger partial charge in [0.1, 0.15) is 11.6 Å². The summed E-state index contributed by atoms with van der Waals surface area (Å²) >= 11 is 1.96. The summed E-state index contributed by atoms with van der Waals surface area (Å²) in [4.78, 5) is 12.0. The first-order chi connectivity index (χ1) is 9.92. The van der Waals surface area contributed by atoms with Gasteiger partial charge in [-0.1, -0.05) is 6.92 Å². The predicted molar refractivity (Wildman–Crippen MR) is 88.9 cm³/mol. The van der Waals surface area contributed by atoms with Gasteiger partial charge in [0.05, 0.1) is 10.7 Å². The van der Waals surface area contributed by atoms with Crippen LogP contribution in [0.5, 0.6) is 11.5 Å². The number of nitrogens with one attached hydrogen (secondary N) is 1. The van der Waals surface area contributed by atoms with Crippen LogP contribution in [-0.4, -0.2) is 24.2 Å². The van der Waals surface area contributed by atoms with Crippen molar-refractivity contribution in [1.29, 1.82) is 5.26 Å². The van der Waals surface area contributed by atoms with Gasteiger partial charge in [0.15, 0.2) is 11.5 Å². The lowest BCUT2D eigenvalue weighted by Gasteiger charge is -2.11. The smallest absolute Gasteiger partial charge is 0.262 e. The lowest BCUT2D eigenvalue weighted by atomic mass is 10.1. The minimum atomic E-state index is -0.408. The van der Waals surface area contributed by atoms with Gasteiger partial charge in [-0.25, -0.2) is 0 Å². The van der Waals surface area contributed by atoms with Crippen molar-refractivity contribution in [3.8, 4) is 17.6 Å². The van der Waals surface area contributed by atoms with E-state index in [4.69, 9.17) is 10.00 Å². The molecule has 112 valence electrons. The van der Waals surface area contributed by atoms with E-state index in [2.05, 4.69) is 5.32 Å². The van der Waals surface area contributed by atoms with Gasteiger partial charge in [-0.05, 0) is 59.7 Å². The highest BCUT2D eigenvalue weighted by atomic mass is 127. The molecule has 6 heteroatoms. The molecule has 0 aliphatic heterocycles. The fourth-order valence-electron chi connectivity index (χ4n) is 1.55. The molecule has 1 rings (SSSR count). The Morgan fingerprint density at radius 3 is 2.81 bits per heavy atom. The number of benzene rings is 1. The number of hydrogen-bond donors (Lipinski definition) is 2. The van der Waals surface area contributed by atoms with Crippen molar-refractivity contribution >= 4 is 34.6 Å². The molecule has 0 aliphatic carbocycles. The number of hydrogen-bond acceptors (Lipinski definition) is 4. The Balaban J connectivity index is 3.12. The molecule has 0 aromatic heterocycles. The monoisotopic (exact) mass is 400 g/mol. The van der Waals surface area contributed by atoms with E-state index in [0.29, 0.717) is 14.9 Å². The highest BCUT2D eigenvalue weighted by molar-refractivity contribution is 14.1. The van der Waals surface area contributed by atoms with Crippen LogP contribution in [0, 0.1) is 14.9 Å². The number of rotatable bonds is 5. The van der Waals surface area contributed by atoms with Gasteiger partial charge in [0.2, 0.25) is 0 Å². The number of phenolic OH excluding ortho intramolecular Hbond substituents is 1. The Hall–Kier alpha value is -1.75. The topological polar surface area (TPSA) is 82.4 Å². The molecule has 0 spiro atoms. The van der Waals surface area contributed by atoms with Gasteiger partial charge in [-0.15, -0.1) is 0 Å². The third-order valence-electron chi connectivity index (χ3n) is 2.94. The van der Waals surface area contributed by atoms with E-state index in [1.807, 2.05) is 42.5 Å². The number of carbonyl (C=O) groups excluding carboxylic acids is 1.